The highest BCUT2D eigenvalue weighted by Crippen LogP contribution is 2.30. The first-order chi connectivity index (χ1) is 11.9. The van der Waals surface area contributed by atoms with Gasteiger partial charge in [-0.25, -0.2) is 0 Å². The highest BCUT2D eigenvalue weighted by Gasteiger charge is 2.31. The Labute approximate surface area is 151 Å². The Bertz CT molecular complexity index is 568. The van der Waals surface area contributed by atoms with E-state index in [-0.39, 0.29) is 11.3 Å². The lowest BCUT2D eigenvalue weighted by atomic mass is 9.90. The quantitative estimate of drug-likeness (QED) is 0.763. The lowest BCUT2D eigenvalue weighted by Crippen LogP contribution is -2.45. The molecule has 140 valence electrons. The van der Waals surface area contributed by atoms with Gasteiger partial charge >= 0.3 is 0 Å². The zero-order valence-corrected chi connectivity index (χ0v) is 16.1. The van der Waals surface area contributed by atoms with Crippen LogP contribution >= 0.6 is 0 Å². The van der Waals surface area contributed by atoms with Gasteiger partial charge in [-0.05, 0) is 31.6 Å². The van der Waals surface area contributed by atoms with Crippen LogP contribution < -0.4 is 0 Å². The zero-order chi connectivity index (χ0) is 17.9. The highest BCUT2D eigenvalue weighted by molar-refractivity contribution is 5.81. The fraction of sp³-hybridized carbons (Fsp3) is 0.850. The first kappa shape index (κ1) is 18.4. The zero-order valence-electron chi connectivity index (χ0n) is 16.1. The largest absolute Gasteiger partial charge is 0.342 e. The van der Waals surface area contributed by atoms with Crippen molar-refractivity contribution in [1.29, 1.82) is 0 Å². The predicted octanol–water partition coefficient (Wildman–Crippen LogP) is 4.33. The molecule has 1 aromatic heterocycles. The molecule has 0 radical (unpaired) electrons. The van der Waals surface area contributed by atoms with Crippen LogP contribution in [0.25, 0.3) is 0 Å². The second kappa shape index (κ2) is 7.88. The van der Waals surface area contributed by atoms with Gasteiger partial charge in [-0.2, -0.15) is 4.98 Å². The van der Waals surface area contributed by atoms with Crippen LogP contribution in [0.2, 0.25) is 0 Å². The number of piperidine rings is 1. The Kier molecular flexibility index (Phi) is 5.80. The Morgan fingerprint density at radius 1 is 1.12 bits per heavy atom. The topological polar surface area (TPSA) is 59.2 Å². The van der Waals surface area contributed by atoms with E-state index in [1.165, 1.54) is 38.5 Å². The summed E-state index contributed by atoms with van der Waals surface area (Å²) in [5.74, 6) is 2.83. The number of aromatic nitrogens is 2. The molecule has 1 unspecified atom stereocenters. The van der Waals surface area contributed by atoms with E-state index >= 15 is 0 Å². The molecule has 0 N–H and O–H groups in total. The standard InChI is InChI=1S/C20H33N3O2/c1-20(2,3)19(24)23-12-8-9-15(14-23)13-17-21-18(22-25-17)16-10-6-4-5-7-11-16/h15-16H,4-14H2,1-3H3. The van der Waals surface area contributed by atoms with Crippen LogP contribution in [0, 0.1) is 11.3 Å². The summed E-state index contributed by atoms with van der Waals surface area (Å²) in [6, 6.07) is 0. The third-order valence-corrected chi connectivity index (χ3v) is 5.62. The predicted molar refractivity (Wildman–Crippen MR) is 97.2 cm³/mol. The van der Waals surface area contributed by atoms with Gasteiger partial charge in [0.05, 0.1) is 0 Å². The maximum Gasteiger partial charge on any atom is 0.227 e. The van der Waals surface area contributed by atoms with Gasteiger partial charge < -0.3 is 9.42 Å². The summed E-state index contributed by atoms with van der Waals surface area (Å²) in [5.41, 5.74) is -0.307. The molecular formula is C20H33N3O2. The minimum Gasteiger partial charge on any atom is -0.342 e. The van der Waals surface area contributed by atoms with Gasteiger partial charge in [0, 0.05) is 30.8 Å². The highest BCUT2D eigenvalue weighted by atomic mass is 16.5. The molecule has 5 heteroatoms. The number of hydrogen-bond acceptors (Lipinski definition) is 4. The molecule has 1 aliphatic carbocycles. The number of hydrogen-bond donors (Lipinski definition) is 0. The van der Waals surface area contributed by atoms with E-state index in [1.807, 2.05) is 25.7 Å². The average Bonchev–Trinajstić information content (AvgIpc) is 2.86. The SMILES string of the molecule is CC(C)(C)C(=O)N1CCCC(Cc2nc(C3CCCCCC3)no2)C1. The average molecular weight is 348 g/mol. The van der Waals surface area contributed by atoms with E-state index in [1.54, 1.807) is 0 Å². The summed E-state index contributed by atoms with van der Waals surface area (Å²) in [4.78, 5) is 19.3. The van der Waals surface area contributed by atoms with Crippen LogP contribution in [0.3, 0.4) is 0 Å². The third-order valence-electron chi connectivity index (χ3n) is 5.62. The second-order valence-electron chi connectivity index (χ2n) is 8.95. The van der Waals surface area contributed by atoms with Crippen LogP contribution in [-0.4, -0.2) is 34.0 Å². The summed E-state index contributed by atoms with van der Waals surface area (Å²) < 4.78 is 5.56. The lowest BCUT2D eigenvalue weighted by molar-refractivity contribution is -0.141. The van der Waals surface area contributed by atoms with Crippen LogP contribution in [0.4, 0.5) is 0 Å². The lowest BCUT2D eigenvalue weighted by Gasteiger charge is -2.36. The van der Waals surface area contributed by atoms with Crippen LogP contribution in [0.5, 0.6) is 0 Å². The van der Waals surface area contributed by atoms with E-state index in [0.717, 1.165) is 44.1 Å². The molecule has 2 fully saturated rings. The van der Waals surface area contributed by atoms with Crippen molar-refractivity contribution in [1.82, 2.24) is 15.0 Å². The molecule has 1 aliphatic heterocycles. The Balaban J connectivity index is 1.58. The minimum absolute atomic E-state index is 0.252. The number of carbonyl (C=O) groups is 1. The van der Waals surface area contributed by atoms with Gasteiger partial charge in [0.15, 0.2) is 5.82 Å². The number of nitrogens with zero attached hydrogens (tertiary/aromatic N) is 3. The van der Waals surface area contributed by atoms with Crippen molar-refractivity contribution < 1.29 is 9.32 Å². The van der Waals surface area contributed by atoms with E-state index in [4.69, 9.17) is 9.51 Å². The molecule has 0 aromatic carbocycles. The fourth-order valence-electron chi connectivity index (χ4n) is 4.19. The molecule has 0 bridgehead atoms. The van der Waals surface area contributed by atoms with Crippen molar-refractivity contribution in [3.63, 3.8) is 0 Å². The maximum absolute atomic E-state index is 12.5. The van der Waals surface area contributed by atoms with Gasteiger partial charge in [0.25, 0.3) is 0 Å². The number of amides is 1. The van der Waals surface area contributed by atoms with Crippen molar-refractivity contribution in [3.05, 3.63) is 11.7 Å². The Morgan fingerprint density at radius 2 is 1.84 bits per heavy atom. The molecule has 3 rings (SSSR count). The van der Waals surface area contributed by atoms with Crippen molar-refractivity contribution in [3.8, 4) is 0 Å². The Hall–Kier alpha value is -1.39. The van der Waals surface area contributed by atoms with E-state index in [2.05, 4.69) is 5.16 Å². The molecule has 2 aliphatic rings. The van der Waals surface area contributed by atoms with Crippen LogP contribution in [0.1, 0.15) is 89.8 Å². The first-order valence-corrected chi connectivity index (χ1v) is 10.1. The summed E-state index contributed by atoms with van der Waals surface area (Å²) in [5, 5.41) is 4.27. The van der Waals surface area contributed by atoms with Crippen molar-refractivity contribution >= 4 is 5.91 Å². The van der Waals surface area contributed by atoms with Crippen molar-refractivity contribution in [2.75, 3.05) is 13.1 Å². The van der Waals surface area contributed by atoms with Gasteiger partial charge in [0.1, 0.15) is 0 Å². The minimum atomic E-state index is -0.307. The van der Waals surface area contributed by atoms with E-state index < -0.39 is 0 Å². The summed E-state index contributed by atoms with van der Waals surface area (Å²) in [7, 11) is 0. The molecule has 5 nitrogen and oxygen atoms in total. The molecule has 2 heterocycles. The number of likely N-dealkylation sites (tertiary alicyclic amines) is 1. The monoisotopic (exact) mass is 347 g/mol. The van der Waals surface area contributed by atoms with Crippen LogP contribution in [-0.2, 0) is 11.2 Å². The van der Waals surface area contributed by atoms with Crippen molar-refractivity contribution in [2.24, 2.45) is 11.3 Å². The molecule has 25 heavy (non-hydrogen) atoms. The van der Waals surface area contributed by atoms with E-state index in [0.29, 0.717) is 11.8 Å². The molecule has 1 aromatic rings. The second-order valence-corrected chi connectivity index (χ2v) is 8.95. The number of carbonyl (C=O) groups excluding carboxylic acids is 1. The summed E-state index contributed by atoms with van der Waals surface area (Å²) in [6.45, 7) is 7.68. The van der Waals surface area contributed by atoms with Crippen molar-refractivity contribution in [2.45, 2.75) is 84.5 Å². The third kappa shape index (κ3) is 4.83. The van der Waals surface area contributed by atoms with Gasteiger partial charge in [-0.15, -0.1) is 0 Å². The molecule has 0 spiro atoms. The van der Waals surface area contributed by atoms with Gasteiger partial charge in [0.2, 0.25) is 11.8 Å². The fourth-order valence-corrected chi connectivity index (χ4v) is 4.19. The normalized spacial score (nSPS) is 23.5. The van der Waals surface area contributed by atoms with Crippen LogP contribution in [0.15, 0.2) is 4.52 Å². The van der Waals surface area contributed by atoms with Gasteiger partial charge in [-0.3, -0.25) is 4.79 Å². The Morgan fingerprint density at radius 3 is 2.52 bits per heavy atom. The smallest absolute Gasteiger partial charge is 0.227 e. The summed E-state index contributed by atoms with van der Waals surface area (Å²) >= 11 is 0. The van der Waals surface area contributed by atoms with Gasteiger partial charge in [-0.1, -0.05) is 51.6 Å². The molecule has 1 atom stereocenters. The summed E-state index contributed by atoms with van der Waals surface area (Å²) in [6.07, 6.45) is 10.6. The van der Waals surface area contributed by atoms with E-state index in [9.17, 15) is 4.79 Å². The number of rotatable bonds is 3. The molecule has 1 saturated heterocycles. The molecule has 1 amide bonds. The first-order valence-electron chi connectivity index (χ1n) is 10.1. The maximum atomic E-state index is 12.5. The molecule has 1 saturated carbocycles. The molecular weight excluding hydrogens is 314 g/mol.